The molecule has 6 heteroatoms. The van der Waals surface area contributed by atoms with Crippen molar-refractivity contribution in [2.45, 2.75) is 244 Å². The van der Waals surface area contributed by atoms with Gasteiger partial charge in [-0.25, -0.2) is 0 Å². The van der Waals surface area contributed by atoms with Crippen molar-refractivity contribution in [3.8, 4) is 0 Å². The molecule has 0 aromatic carbocycles. The first-order valence-electron chi connectivity index (χ1n) is 21.4. The van der Waals surface area contributed by atoms with Crippen LogP contribution in [-0.4, -0.2) is 46.9 Å². The van der Waals surface area contributed by atoms with Crippen LogP contribution >= 0.6 is 0 Å². The molecule has 0 aliphatic heterocycles. The number of hydrogen-bond donors (Lipinski definition) is 3. The number of aliphatic hydroxyl groups excluding tert-OH is 2. The minimum atomic E-state index is -0.782. The highest BCUT2D eigenvalue weighted by Gasteiger charge is 2.24. The van der Waals surface area contributed by atoms with E-state index >= 15 is 0 Å². The molecule has 0 radical (unpaired) electrons. The highest BCUT2D eigenvalue weighted by Crippen LogP contribution is 2.17. The lowest BCUT2D eigenvalue weighted by Crippen LogP contribution is -2.46. The van der Waals surface area contributed by atoms with Gasteiger partial charge >= 0.3 is 5.97 Å². The number of ether oxygens (including phenoxy) is 1. The number of esters is 1. The van der Waals surface area contributed by atoms with Crippen LogP contribution in [0.2, 0.25) is 0 Å². The van der Waals surface area contributed by atoms with Crippen molar-refractivity contribution in [2.24, 2.45) is 0 Å². The van der Waals surface area contributed by atoms with Crippen molar-refractivity contribution < 1.29 is 24.5 Å². The molecule has 3 N–H and O–H groups in total. The van der Waals surface area contributed by atoms with Crippen LogP contribution in [0, 0.1) is 0 Å². The molecule has 3 atom stereocenters. The Morgan fingerprint density at radius 1 is 0.571 bits per heavy atom. The van der Waals surface area contributed by atoms with Gasteiger partial charge in [0.2, 0.25) is 5.91 Å². The second kappa shape index (κ2) is 37.8. The third-order valence-corrected chi connectivity index (χ3v) is 9.84. The van der Waals surface area contributed by atoms with Gasteiger partial charge in [-0.15, -0.1) is 0 Å². The van der Waals surface area contributed by atoms with Crippen LogP contribution in [0.5, 0.6) is 0 Å². The number of aliphatic hydroxyl groups is 2. The van der Waals surface area contributed by atoms with Crippen molar-refractivity contribution in [3.05, 3.63) is 12.2 Å². The number of carbonyl (C=O) groups is 2. The fourth-order valence-electron chi connectivity index (χ4n) is 6.53. The van der Waals surface area contributed by atoms with E-state index < -0.39 is 18.2 Å². The van der Waals surface area contributed by atoms with E-state index in [0.717, 1.165) is 64.2 Å². The van der Waals surface area contributed by atoms with Crippen LogP contribution in [0.4, 0.5) is 0 Å². The first-order valence-corrected chi connectivity index (χ1v) is 21.4. The van der Waals surface area contributed by atoms with Crippen molar-refractivity contribution >= 4 is 11.9 Å². The predicted molar refractivity (Wildman–Crippen MR) is 209 cm³/mol. The van der Waals surface area contributed by atoms with Gasteiger partial charge in [0, 0.05) is 6.42 Å². The Bertz CT molecular complexity index is 742. The zero-order chi connectivity index (χ0) is 36.0. The third-order valence-electron chi connectivity index (χ3n) is 9.84. The monoisotopic (exact) mass is 694 g/mol. The molecular weight excluding hydrogens is 610 g/mol. The molecule has 0 heterocycles. The Kier molecular flexibility index (Phi) is 36.8. The van der Waals surface area contributed by atoms with Crippen LogP contribution in [-0.2, 0) is 14.3 Å². The van der Waals surface area contributed by atoms with E-state index in [1.165, 1.54) is 116 Å². The summed E-state index contributed by atoms with van der Waals surface area (Å²) in [5.41, 5.74) is 0. The van der Waals surface area contributed by atoms with Crippen LogP contribution in [0.1, 0.15) is 226 Å². The first-order chi connectivity index (χ1) is 24.0. The second-order valence-electron chi connectivity index (χ2n) is 14.7. The van der Waals surface area contributed by atoms with Gasteiger partial charge in [0.1, 0.15) is 6.10 Å². The van der Waals surface area contributed by atoms with Gasteiger partial charge in [-0.2, -0.15) is 0 Å². The fourth-order valence-corrected chi connectivity index (χ4v) is 6.53. The van der Waals surface area contributed by atoms with Gasteiger partial charge in [-0.05, 0) is 44.9 Å². The number of allylic oxidation sites excluding steroid dienone is 2. The molecule has 0 spiro atoms. The molecule has 0 aromatic heterocycles. The Morgan fingerprint density at radius 2 is 1.00 bits per heavy atom. The molecule has 0 aromatic rings. The molecule has 0 saturated carbocycles. The van der Waals surface area contributed by atoms with E-state index in [0.29, 0.717) is 19.3 Å². The molecule has 0 rings (SSSR count). The Labute approximate surface area is 304 Å². The summed E-state index contributed by atoms with van der Waals surface area (Å²) in [5, 5.41) is 23.5. The zero-order valence-electron chi connectivity index (χ0n) is 32.8. The van der Waals surface area contributed by atoms with E-state index in [1.807, 2.05) is 0 Å². The number of carbonyl (C=O) groups excluding carboxylic acids is 2. The second-order valence-corrected chi connectivity index (χ2v) is 14.7. The van der Waals surface area contributed by atoms with Crippen molar-refractivity contribution in [1.29, 1.82) is 0 Å². The molecule has 49 heavy (non-hydrogen) atoms. The Morgan fingerprint density at radius 3 is 1.51 bits per heavy atom. The van der Waals surface area contributed by atoms with E-state index in [9.17, 15) is 19.8 Å². The molecule has 3 unspecified atom stereocenters. The third kappa shape index (κ3) is 33.5. The topological polar surface area (TPSA) is 95.9 Å². The summed E-state index contributed by atoms with van der Waals surface area (Å²) in [5.74, 6) is -0.488. The van der Waals surface area contributed by atoms with Crippen LogP contribution in [0.15, 0.2) is 12.2 Å². The summed E-state index contributed by atoms with van der Waals surface area (Å²) in [6.45, 7) is 6.40. The molecular formula is C43H83NO5. The molecule has 290 valence electrons. The van der Waals surface area contributed by atoms with Crippen LogP contribution in [0.3, 0.4) is 0 Å². The van der Waals surface area contributed by atoms with E-state index in [1.54, 1.807) is 0 Å². The molecule has 0 bridgehead atoms. The van der Waals surface area contributed by atoms with Crippen LogP contribution < -0.4 is 5.32 Å². The lowest BCUT2D eigenvalue weighted by molar-refractivity contribution is -0.151. The average Bonchev–Trinajstić information content (AvgIpc) is 3.09. The largest absolute Gasteiger partial charge is 0.462 e. The zero-order valence-corrected chi connectivity index (χ0v) is 32.8. The SMILES string of the molecule is CCCC/C=C\CCCCCC(CC(=O)NC(CO)C(O)CCCCCCCCCCCCCC)OC(=O)CCCCCCCCCCC. The summed E-state index contributed by atoms with van der Waals surface area (Å²) < 4.78 is 5.85. The van der Waals surface area contributed by atoms with E-state index in [4.69, 9.17) is 4.74 Å². The maximum absolute atomic E-state index is 13.0. The standard InChI is InChI=1S/C43H83NO5/c1-4-7-10-13-16-19-20-21-24-26-29-32-35-41(46)40(38-45)44-42(47)37-39(34-31-28-25-22-17-14-11-8-5-2)49-43(48)36-33-30-27-23-18-15-12-9-6-3/h14,17,39-41,45-46H,4-13,15-16,18-38H2,1-3H3,(H,44,47)/b17-14-. The average molecular weight is 694 g/mol. The summed E-state index contributed by atoms with van der Waals surface area (Å²) >= 11 is 0. The minimum Gasteiger partial charge on any atom is -0.462 e. The maximum atomic E-state index is 13.0. The van der Waals surface area contributed by atoms with Gasteiger partial charge in [-0.3, -0.25) is 9.59 Å². The highest BCUT2D eigenvalue weighted by atomic mass is 16.5. The van der Waals surface area contributed by atoms with Gasteiger partial charge in [0.15, 0.2) is 0 Å². The predicted octanol–water partition coefficient (Wildman–Crippen LogP) is 11.8. The summed E-state index contributed by atoms with van der Waals surface area (Å²) in [4.78, 5) is 25.8. The molecule has 0 saturated heterocycles. The fraction of sp³-hybridized carbons (Fsp3) is 0.907. The molecule has 0 aliphatic carbocycles. The number of hydrogen-bond acceptors (Lipinski definition) is 5. The normalized spacial score (nSPS) is 13.5. The first kappa shape index (κ1) is 47.6. The molecule has 1 amide bonds. The van der Waals surface area contributed by atoms with Crippen molar-refractivity contribution in [2.75, 3.05) is 6.61 Å². The van der Waals surface area contributed by atoms with Gasteiger partial charge in [-0.1, -0.05) is 181 Å². The number of unbranched alkanes of at least 4 members (excludes halogenated alkanes) is 24. The van der Waals surface area contributed by atoms with Gasteiger partial charge in [0.05, 0.1) is 25.2 Å². The number of amides is 1. The van der Waals surface area contributed by atoms with Crippen molar-refractivity contribution in [1.82, 2.24) is 5.32 Å². The maximum Gasteiger partial charge on any atom is 0.306 e. The Balaban J connectivity index is 4.53. The summed E-state index contributed by atoms with van der Waals surface area (Å²) in [7, 11) is 0. The number of nitrogens with one attached hydrogen (secondary N) is 1. The lowest BCUT2D eigenvalue weighted by Gasteiger charge is -2.24. The summed E-state index contributed by atoms with van der Waals surface area (Å²) in [6.07, 6.45) is 38.5. The lowest BCUT2D eigenvalue weighted by atomic mass is 10.0. The minimum absolute atomic E-state index is 0.0717. The quantitative estimate of drug-likeness (QED) is 0.0340. The molecule has 0 fully saturated rings. The highest BCUT2D eigenvalue weighted by molar-refractivity contribution is 5.77. The molecule has 6 nitrogen and oxygen atoms in total. The smallest absolute Gasteiger partial charge is 0.306 e. The van der Waals surface area contributed by atoms with Gasteiger partial charge < -0.3 is 20.3 Å². The number of rotatable bonds is 38. The van der Waals surface area contributed by atoms with Crippen LogP contribution in [0.25, 0.3) is 0 Å². The van der Waals surface area contributed by atoms with Crippen molar-refractivity contribution in [3.63, 3.8) is 0 Å². The Hall–Kier alpha value is -1.40. The van der Waals surface area contributed by atoms with Gasteiger partial charge in [0.25, 0.3) is 0 Å². The van der Waals surface area contributed by atoms with E-state index in [2.05, 4.69) is 38.2 Å². The van der Waals surface area contributed by atoms with E-state index in [-0.39, 0.29) is 24.9 Å². The molecule has 0 aliphatic rings. The summed E-state index contributed by atoms with van der Waals surface area (Å²) in [6, 6.07) is -0.696.